The minimum atomic E-state index is 0.279. The number of nitrogens with two attached hydrogens (primary N) is 1. The number of hydrazine groups is 1. The van der Waals surface area contributed by atoms with Crippen LogP contribution in [0.1, 0.15) is 11.3 Å². The lowest BCUT2D eigenvalue weighted by Gasteiger charge is -2.14. The highest BCUT2D eigenvalue weighted by Gasteiger charge is 2.08. The van der Waals surface area contributed by atoms with Gasteiger partial charge in [-0.25, -0.2) is 0 Å². The molecule has 1 rings (SSSR count). The van der Waals surface area contributed by atoms with E-state index in [1.165, 1.54) is 4.88 Å². The number of ether oxygens (including phenoxy) is 2. The van der Waals surface area contributed by atoms with Crippen LogP contribution in [-0.2, 0) is 15.9 Å². The van der Waals surface area contributed by atoms with Crippen molar-refractivity contribution in [3.05, 3.63) is 22.4 Å². The molecule has 0 spiro atoms. The lowest BCUT2D eigenvalue weighted by molar-refractivity contribution is 0.0658. The molecule has 0 aliphatic heterocycles. The van der Waals surface area contributed by atoms with E-state index in [2.05, 4.69) is 22.9 Å². The third kappa shape index (κ3) is 5.58. The summed E-state index contributed by atoms with van der Waals surface area (Å²) < 4.78 is 10.3. The van der Waals surface area contributed by atoms with E-state index >= 15 is 0 Å². The van der Waals surface area contributed by atoms with E-state index < -0.39 is 0 Å². The summed E-state index contributed by atoms with van der Waals surface area (Å²) in [4.78, 5) is 1.35. The van der Waals surface area contributed by atoms with Gasteiger partial charge in [0.2, 0.25) is 0 Å². The fraction of sp³-hybridized carbons (Fsp3) is 0.636. The molecule has 3 N–H and O–H groups in total. The van der Waals surface area contributed by atoms with Crippen molar-refractivity contribution in [3.8, 4) is 0 Å². The molecule has 16 heavy (non-hydrogen) atoms. The van der Waals surface area contributed by atoms with Crippen molar-refractivity contribution in [1.29, 1.82) is 0 Å². The first-order chi connectivity index (χ1) is 7.86. The summed E-state index contributed by atoms with van der Waals surface area (Å²) in [6.07, 6.45) is 1.87. The Kier molecular flexibility index (Phi) is 7.37. The van der Waals surface area contributed by atoms with E-state index in [1.54, 1.807) is 18.4 Å². The number of nitrogens with one attached hydrogen (secondary N) is 1. The fourth-order valence-electron chi connectivity index (χ4n) is 1.39. The van der Waals surface area contributed by atoms with Crippen molar-refractivity contribution in [2.75, 3.05) is 26.9 Å². The first kappa shape index (κ1) is 13.6. The van der Waals surface area contributed by atoms with Gasteiger partial charge in [-0.2, -0.15) is 0 Å². The van der Waals surface area contributed by atoms with Gasteiger partial charge in [0, 0.05) is 24.6 Å². The van der Waals surface area contributed by atoms with Crippen molar-refractivity contribution in [3.63, 3.8) is 0 Å². The first-order valence-corrected chi connectivity index (χ1v) is 6.30. The van der Waals surface area contributed by atoms with Crippen LogP contribution in [0.5, 0.6) is 0 Å². The molecule has 0 aliphatic rings. The Morgan fingerprint density at radius 2 is 2.31 bits per heavy atom. The molecule has 0 aliphatic carbocycles. The van der Waals surface area contributed by atoms with Gasteiger partial charge in [0.05, 0.1) is 13.2 Å². The average Bonchev–Trinajstić information content (AvgIpc) is 2.80. The van der Waals surface area contributed by atoms with Crippen LogP contribution in [-0.4, -0.2) is 33.0 Å². The molecule has 0 amide bonds. The maximum atomic E-state index is 5.50. The molecule has 1 unspecified atom stereocenters. The van der Waals surface area contributed by atoms with E-state index in [4.69, 9.17) is 15.3 Å². The number of thiophene rings is 1. The van der Waals surface area contributed by atoms with Crippen molar-refractivity contribution in [1.82, 2.24) is 5.43 Å². The molecule has 0 saturated heterocycles. The SMILES string of the molecule is COCCOCCC(Cc1cccs1)NN. The van der Waals surface area contributed by atoms with E-state index in [0.29, 0.717) is 19.8 Å². The average molecular weight is 244 g/mol. The minimum absolute atomic E-state index is 0.279. The smallest absolute Gasteiger partial charge is 0.0700 e. The molecule has 92 valence electrons. The third-order valence-corrected chi connectivity index (χ3v) is 3.20. The van der Waals surface area contributed by atoms with Crippen LogP contribution in [0.25, 0.3) is 0 Å². The summed E-state index contributed by atoms with van der Waals surface area (Å²) >= 11 is 1.76. The van der Waals surface area contributed by atoms with Crippen LogP contribution >= 0.6 is 11.3 Å². The van der Waals surface area contributed by atoms with Crippen molar-refractivity contribution in [2.45, 2.75) is 18.9 Å². The molecule has 0 bridgehead atoms. The van der Waals surface area contributed by atoms with Crippen molar-refractivity contribution < 1.29 is 9.47 Å². The van der Waals surface area contributed by atoms with Gasteiger partial charge in [-0.05, 0) is 24.3 Å². The highest BCUT2D eigenvalue weighted by atomic mass is 32.1. The van der Waals surface area contributed by atoms with Crippen molar-refractivity contribution >= 4 is 11.3 Å². The summed E-state index contributed by atoms with van der Waals surface area (Å²) in [7, 11) is 1.67. The standard InChI is InChI=1S/C11H20N2O2S/c1-14-6-7-15-5-4-10(13-12)9-11-3-2-8-16-11/h2-3,8,10,13H,4-7,9,12H2,1H3. The highest BCUT2D eigenvalue weighted by molar-refractivity contribution is 7.09. The number of methoxy groups -OCH3 is 1. The zero-order valence-electron chi connectivity index (χ0n) is 9.65. The lowest BCUT2D eigenvalue weighted by Crippen LogP contribution is -2.37. The van der Waals surface area contributed by atoms with E-state index in [1.807, 2.05) is 0 Å². The van der Waals surface area contributed by atoms with Gasteiger partial charge in [-0.3, -0.25) is 11.3 Å². The molecule has 1 heterocycles. The first-order valence-electron chi connectivity index (χ1n) is 5.42. The summed E-state index contributed by atoms with van der Waals surface area (Å²) in [6.45, 7) is 2.00. The molecule has 4 nitrogen and oxygen atoms in total. The molecule has 1 atom stereocenters. The number of hydrogen-bond acceptors (Lipinski definition) is 5. The Morgan fingerprint density at radius 1 is 1.44 bits per heavy atom. The molecule has 0 radical (unpaired) electrons. The summed E-state index contributed by atoms with van der Waals surface area (Å²) in [5, 5.41) is 2.08. The van der Waals surface area contributed by atoms with Gasteiger partial charge >= 0.3 is 0 Å². The molecule has 5 heteroatoms. The maximum Gasteiger partial charge on any atom is 0.0700 e. The van der Waals surface area contributed by atoms with Crippen LogP contribution in [0.2, 0.25) is 0 Å². The second-order valence-electron chi connectivity index (χ2n) is 3.54. The predicted molar refractivity (Wildman–Crippen MR) is 66.4 cm³/mol. The predicted octanol–water partition coefficient (Wildman–Crippen LogP) is 1.18. The molecule has 1 aromatic rings. The van der Waals surface area contributed by atoms with Crippen LogP contribution < -0.4 is 11.3 Å². The number of hydrogen-bond donors (Lipinski definition) is 2. The second-order valence-corrected chi connectivity index (χ2v) is 4.57. The largest absolute Gasteiger partial charge is 0.382 e. The van der Waals surface area contributed by atoms with E-state index in [9.17, 15) is 0 Å². The highest BCUT2D eigenvalue weighted by Crippen LogP contribution is 2.12. The van der Waals surface area contributed by atoms with Gasteiger partial charge in [-0.15, -0.1) is 11.3 Å². The summed E-state index contributed by atoms with van der Waals surface area (Å²) in [5.41, 5.74) is 2.83. The van der Waals surface area contributed by atoms with Gasteiger partial charge in [-0.1, -0.05) is 6.07 Å². The Balaban J connectivity index is 2.12. The van der Waals surface area contributed by atoms with Crippen LogP contribution in [0.3, 0.4) is 0 Å². The minimum Gasteiger partial charge on any atom is -0.382 e. The summed E-state index contributed by atoms with van der Waals surface area (Å²) in [6, 6.07) is 4.46. The Bertz CT molecular complexity index is 254. The van der Waals surface area contributed by atoms with Gasteiger partial charge in [0.15, 0.2) is 0 Å². The van der Waals surface area contributed by atoms with E-state index in [-0.39, 0.29) is 6.04 Å². The van der Waals surface area contributed by atoms with Gasteiger partial charge in [0.25, 0.3) is 0 Å². The van der Waals surface area contributed by atoms with Crippen LogP contribution in [0.15, 0.2) is 17.5 Å². The van der Waals surface area contributed by atoms with Crippen LogP contribution in [0, 0.1) is 0 Å². The summed E-state index contributed by atoms with van der Waals surface area (Å²) in [5.74, 6) is 5.50. The second kappa shape index (κ2) is 8.66. The van der Waals surface area contributed by atoms with E-state index in [0.717, 1.165) is 12.8 Å². The Labute approximate surface area is 101 Å². The monoisotopic (exact) mass is 244 g/mol. The van der Waals surface area contributed by atoms with Crippen molar-refractivity contribution in [2.24, 2.45) is 5.84 Å². The maximum absolute atomic E-state index is 5.50. The topological polar surface area (TPSA) is 56.5 Å². The van der Waals surface area contributed by atoms with Crippen LogP contribution in [0.4, 0.5) is 0 Å². The Morgan fingerprint density at radius 3 is 2.94 bits per heavy atom. The normalized spacial score (nSPS) is 12.9. The fourth-order valence-corrected chi connectivity index (χ4v) is 2.17. The number of rotatable bonds is 9. The third-order valence-electron chi connectivity index (χ3n) is 2.31. The zero-order valence-corrected chi connectivity index (χ0v) is 10.5. The quantitative estimate of drug-likeness (QED) is 0.389. The van der Waals surface area contributed by atoms with Gasteiger partial charge in [0.1, 0.15) is 0 Å². The molecule has 1 aromatic heterocycles. The molecular weight excluding hydrogens is 224 g/mol. The molecular formula is C11H20N2O2S. The Hall–Kier alpha value is -0.460. The van der Waals surface area contributed by atoms with Gasteiger partial charge < -0.3 is 9.47 Å². The lowest BCUT2D eigenvalue weighted by atomic mass is 10.1. The zero-order chi connectivity index (χ0) is 11.6. The molecule has 0 saturated carbocycles. The molecule has 0 fully saturated rings. The molecule has 0 aromatic carbocycles.